The van der Waals surface area contributed by atoms with E-state index < -0.39 is 45.2 Å². The molecule has 0 saturated carbocycles. The molecule has 1 aliphatic carbocycles. The van der Waals surface area contributed by atoms with E-state index >= 15 is 0 Å². The Morgan fingerprint density at radius 2 is 1.91 bits per heavy atom. The van der Waals surface area contributed by atoms with Crippen LogP contribution in [0, 0.1) is 0 Å². The highest BCUT2D eigenvalue weighted by Crippen LogP contribution is 2.39. The average molecular weight is 525 g/mol. The van der Waals surface area contributed by atoms with Gasteiger partial charge >= 0.3 is 12.1 Å². The highest BCUT2D eigenvalue weighted by Gasteiger charge is 2.35. The van der Waals surface area contributed by atoms with Crippen molar-refractivity contribution >= 4 is 55.5 Å². The van der Waals surface area contributed by atoms with Gasteiger partial charge in [-0.15, -0.1) is 11.3 Å². The summed E-state index contributed by atoms with van der Waals surface area (Å²) in [4.78, 5) is 26.0. The van der Waals surface area contributed by atoms with Crippen LogP contribution in [0.5, 0.6) is 0 Å². The first-order chi connectivity index (χ1) is 15.3. The molecule has 0 atom stereocenters. The molecular weight excluding hydrogens is 505 g/mol. The van der Waals surface area contributed by atoms with E-state index in [4.69, 9.17) is 16.3 Å². The predicted octanol–water partition coefficient (Wildman–Crippen LogP) is 4.49. The van der Waals surface area contributed by atoms with Crippen LogP contribution in [0.15, 0.2) is 18.2 Å². The molecule has 0 fully saturated rings. The molecule has 0 aliphatic heterocycles. The molecule has 1 aromatic heterocycles. The van der Waals surface area contributed by atoms with Crippen molar-refractivity contribution in [2.45, 2.75) is 31.9 Å². The first kappa shape index (κ1) is 25.3. The molecule has 0 saturated heterocycles. The maximum Gasteiger partial charge on any atom is 0.417 e. The van der Waals surface area contributed by atoms with Crippen molar-refractivity contribution in [3.63, 3.8) is 0 Å². The molecule has 13 heteroatoms. The molecule has 1 heterocycles. The average Bonchev–Trinajstić information content (AvgIpc) is 3.08. The number of fused-ring (bicyclic) bond motifs is 1. The minimum absolute atomic E-state index is 0.222. The maximum atomic E-state index is 13.2. The number of rotatable bonds is 6. The van der Waals surface area contributed by atoms with E-state index in [1.165, 1.54) is 18.4 Å². The number of hydrogen-bond acceptors (Lipinski definition) is 6. The number of esters is 1. The van der Waals surface area contributed by atoms with Crippen molar-refractivity contribution < 1.29 is 35.9 Å². The number of hydrogen-bond donors (Lipinski definition) is 1. The van der Waals surface area contributed by atoms with Crippen LogP contribution in [-0.2, 0) is 38.6 Å². The Morgan fingerprint density at radius 3 is 2.52 bits per heavy atom. The number of alkyl halides is 3. The zero-order valence-electron chi connectivity index (χ0n) is 17.6. The van der Waals surface area contributed by atoms with E-state index in [1.807, 2.05) is 0 Å². The fourth-order valence-corrected chi connectivity index (χ4v) is 5.92. The minimum Gasteiger partial charge on any atom is -0.465 e. The standard InChI is InChI=1S/C20H20ClF3N2O5S2/c1-31-19(28)17-12-5-3-4-6-15(12)32-18(17)25-16(27)10-26(33(2,29)30)11-7-8-14(21)13(9-11)20(22,23)24/h7-9H,3-6,10H2,1-2H3,(H,25,27). The number of thiophene rings is 1. The smallest absolute Gasteiger partial charge is 0.417 e. The predicted molar refractivity (Wildman–Crippen MR) is 120 cm³/mol. The molecule has 3 rings (SSSR count). The monoisotopic (exact) mass is 524 g/mol. The quantitative estimate of drug-likeness (QED) is 0.562. The fraction of sp³-hybridized carbons (Fsp3) is 0.400. The summed E-state index contributed by atoms with van der Waals surface area (Å²) in [5, 5.41) is 2.16. The molecular formula is C20H20ClF3N2O5S2. The van der Waals surface area contributed by atoms with Crippen LogP contribution >= 0.6 is 22.9 Å². The maximum absolute atomic E-state index is 13.2. The van der Waals surface area contributed by atoms with Gasteiger partial charge in [-0.25, -0.2) is 13.2 Å². The summed E-state index contributed by atoms with van der Waals surface area (Å²) < 4.78 is 69.7. The van der Waals surface area contributed by atoms with Gasteiger partial charge in [-0.3, -0.25) is 9.10 Å². The van der Waals surface area contributed by atoms with Crippen molar-refractivity contribution in [3.05, 3.63) is 44.8 Å². The minimum atomic E-state index is -4.82. The van der Waals surface area contributed by atoms with E-state index in [0.29, 0.717) is 16.8 Å². The summed E-state index contributed by atoms with van der Waals surface area (Å²) in [7, 11) is -2.93. The molecule has 0 spiro atoms. The zero-order chi connectivity index (χ0) is 24.6. The third kappa shape index (κ3) is 5.61. The number of sulfonamides is 1. The Morgan fingerprint density at radius 1 is 1.24 bits per heavy atom. The lowest BCUT2D eigenvalue weighted by molar-refractivity contribution is -0.137. The van der Waals surface area contributed by atoms with Gasteiger partial charge < -0.3 is 10.1 Å². The van der Waals surface area contributed by atoms with Crippen LogP contribution in [0.25, 0.3) is 0 Å². The SMILES string of the molecule is COC(=O)c1c(NC(=O)CN(c2ccc(Cl)c(C(F)(F)F)c2)S(C)(=O)=O)sc2c1CCCC2. The Labute approximate surface area is 197 Å². The molecule has 180 valence electrons. The van der Waals surface area contributed by atoms with Crippen LogP contribution in [0.1, 0.15) is 39.2 Å². The molecule has 1 amide bonds. The van der Waals surface area contributed by atoms with Crippen LogP contribution in [-0.4, -0.2) is 40.2 Å². The highest BCUT2D eigenvalue weighted by atomic mass is 35.5. The van der Waals surface area contributed by atoms with Crippen molar-refractivity contribution in [1.82, 2.24) is 0 Å². The van der Waals surface area contributed by atoms with Gasteiger partial charge in [0.05, 0.1) is 35.2 Å². The number of carbonyl (C=O) groups is 2. The van der Waals surface area contributed by atoms with E-state index in [9.17, 15) is 31.2 Å². The lowest BCUT2D eigenvalue weighted by atomic mass is 9.95. The second-order valence-corrected chi connectivity index (χ2v) is 10.8. The molecule has 7 nitrogen and oxygen atoms in total. The zero-order valence-corrected chi connectivity index (χ0v) is 20.0. The van der Waals surface area contributed by atoms with Crippen molar-refractivity contribution in [2.75, 3.05) is 29.5 Å². The van der Waals surface area contributed by atoms with Crippen molar-refractivity contribution in [2.24, 2.45) is 0 Å². The third-order valence-electron chi connectivity index (χ3n) is 5.04. The number of methoxy groups -OCH3 is 1. The number of halogens is 4. The van der Waals surface area contributed by atoms with Gasteiger partial charge in [-0.05, 0) is 49.4 Å². The van der Waals surface area contributed by atoms with Crippen LogP contribution < -0.4 is 9.62 Å². The second-order valence-electron chi connectivity index (χ2n) is 7.39. The Hall–Kier alpha value is -2.31. The van der Waals surface area contributed by atoms with Crippen LogP contribution in [0.4, 0.5) is 23.9 Å². The van der Waals surface area contributed by atoms with Gasteiger partial charge in [0.15, 0.2) is 0 Å². The van der Waals surface area contributed by atoms with Crippen LogP contribution in [0.2, 0.25) is 5.02 Å². The van der Waals surface area contributed by atoms with Crippen molar-refractivity contribution in [1.29, 1.82) is 0 Å². The number of benzene rings is 1. The molecule has 2 aromatic rings. The van der Waals surface area contributed by atoms with Gasteiger partial charge in [-0.2, -0.15) is 13.2 Å². The number of ether oxygens (including phenoxy) is 1. The first-order valence-corrected chi connectivity index (χ1v) is 12.7. The topological polar surface area (TPSA) is 92.8 Å². The van der Waals surface area contributed by atoms with Gasteiger partial charge in [0.2, 0.25) is 15.9 Å². The molecule has 0 unspecified atom stereocenters. The fourth-order valence-electron chi connectivity index (χ4n) is 3.55. The van der Waals surface area contributed by atoms with Crippen LogP contribution in [0.3, 0.4) is 0 Å². The Kier molecular flexibility index (Phi) is 7.30. The number of nitrogens with one attached hydrogen (secondary N) is 1. The molecule has 0 radical (unpaired) electrons. The molecule has 1 aromatic carbocycles. The largest absolute Gasteiger partial charge is 0.465 e. The number of anilines is 2. The van der Waals surface area contributed by atoms with Gasteiger partial charge in [-0.1, -0.05) is 11.6 Å². The number of aryl methyl sites for hydroxylation is 1. The van der Waals surface area contributed by atoms with E-state index in [-0.39, 0.29) is 16.3 Å². The highest BCUT2D eigenvalue weighted by molar-refractivity contribution is 7.92. The number of amides is 1. The van der Waals surface area contributed by atoms with Crippen molar-refractivity contribution in [3.8, 4) is 0 Å². The summed E-state index contributed by atoms with van der Waals surface area (Å²) in [6.07, 6.45) is -0.856. The molecule has 33 heavy (non-hydrogen) atoms. The summed E-state index contributed by atoms with van der Waals surface area (Å²) in [5.41, 5.74) is -0.583. The number of nitrogens with zero attached hydrogens (tertiary/aromatic N) is 1. The summed E-state index contributed by atoms with van der Waals surface area (Å²) in [6.45, 7) is -0.805. The Balaban J connectivity index is 1.92. The summed E-state index contributed by atoms with van der Waals surface area (Å²) >= 11 is 6.82. The Bertz CT molecular complexity index is 1200. The third-order valence-corrected chi connectivity index (χ3v) is 7.72. The molecule has 0 bridgehead atoms. The van der Waals surface area contributed by atoms with Gasteiger partial charge in [0, 0.05) is 4.88 Å². The number of carbonyl (C=O) groups excluding carboxylic acids is 2. The van der Waals surface area contributed by atoms with E-state index in [2.05, 4.69) is 5.32 Å². The van der Waals surface area contributed by atoms with E-state index in [0.717, 1.165) is 48.1 Å². The summed E-state index contributed by atoms with van der Waals surface area (Å²) in [6, 6.07) is 2.56. The molecule has 1 N–H and O–H groups in total. The lowest BCUT2D eigenvalue weighted by Gasteiger charge is -2.23. The first-order valence-electron chi connectivity index (χ1n) is 9.70. The summed E-state index contributed by atoms with van der Waals surface area (Å²) in [5.74, 6) is -1.45. The van der Waals surface area contributed by atoms with Gasteiger partial charge in [0.25, 0.3) is 0 Å². The normalized spacial score (nSPS) is 13.9. The lowest BCUT2D eigenvalue weighted by Crippen LogP contribution is -2.37. The van der Waals surface area contributed by atoms with E-state index in [1.54, 1.807) is 0 Å². The second kappa shape index (κ2) is 9.51. The molecule has 1 aliphatic rings. The van der Waals surface area contributed by atoms with Gasteiger partial charge in [0.1, 0.15) is 11.5 Å².